The van der Waals surface area contributed by atoms with E-state index in [0.717, 1.165) is 0 Å². The zero-order chi connectivity index (χ0) is 6.20. The number of rotatable bonds is 1. The third-order valence-electron chi connectivity index (χ3n) is 1.27. The summed E-state index contributed by atoms with van der Waals surface area (Å²) in [4.78, 5) is 13.5. The molecule has 1 fully saturated rings. The molecule has 0 spiro atoms. The van der Waals surface area contributed by atoms with Crippen molar-refractivity contribution in [2.75, 3.05) is 0 Å². The van der Waals surface area contributed by atoms with E-state index in [1.807, 2.05) is 0 Å². The smallest absolute Gasteiger partial charge is 0.276 e. The SMILES string of the molecule is C=NC(=O)C1(O)CC1. The second kappa shape index (κ2) is 1.39. The van der Waals surface area contributed by atoms with Crippen molar-refractivity contribution in [2.24, 2.45) is 4.99 Å². The van der Waals surface area contributed by atoms with E-state index in [0.29, 0.717) is 12.8 Å². The van der Waals surface area contributed by atoms with Crippen molar-refractivity contribution in [1.29, 1.82) is 0 Å². The van der Waals surface area contributed by atoms with E-state index >= 15 is 0 Å². The molecule has 44 valence electrons. The molecule has 1 amide bonds. The molecule has 0 bridgehead atoms. The normalized spacial score (nSPS) is 22.1. The number of hydrogen-bond donors (Lipinski definition) is 1. The standard InChI is InChI=1S/C5H7NO2/c1-6-4(7)5(8)2-3-5/h8H,1-3H2. The lowest BCUT2D eigenvalue weighted by Gasteiger charge is -1.96. The zero-order valence-corrected chi connectivity index (χ0v) is 4.42. The van der Waals surface area contributed by atoms with Crippen molar-refractivity contribution < 1.29 is 9.90 Å². The predicted molar refractivity (Wildman–Crippen MR) is 28.7 cm³/mol. The number of nitrogens with zero attached hydrogens (tertiary/aromatic N) is 1. The van der Waals surface area contributed by atoms with Crippen molar-refractivity contribution in [3.05, 3.63) is 0 Å². The van der Waals surface area contributed by atoms with E-state index in [9.17, 15) is 4.79 Å². The van der Waals surface area contributed by atoms with Gasteiger partial charge in [-0.25, -0.2) is 4.99 Å². The van der Waals surface area contributed by atoms with Gasteiger partial charge in [-0.1, -0.05) is 0 Å². The van der Waals surface area contributed by atoms with Gasteiger partial charge in [-0.05, 0) is 19.6 Å². The maximum absolute atomic E-state index is 10.4. The summed E-state index contributed by atoms with van der Waals surface area (Å²) in [6, 6.07) is 0. The number of amides is 1. The quantitative estimate of drug-likeness (QED) is 0.476. The van der Waals surface area contributed by atoms with Gasteiger partial charge in [0, 0.05) is 0 Å². The molecule has 0 saturated heterocycles. The van der Waals surface area contributed by atoms with Crippen molar-refractivity contribution in [3.63, 3.8) is 0 Å². The van der Waals surface area contributed by atoms with Crippen LogP contribution in [0.5, 0.6) is 0 Å². The largest absolute Gasteiger partial charge is 0.380 e. The Hall–Kier alpha value is -0.700. The highest BCUT2D eigenvalue weighted by molar-refractivity contribution is 5.90. The summed E-state index contributed by atoms with van der Waals surface area (Å²) in [5.74, 6) is -0.488. The molecule has 0 radical (unpaired) electrons. The molecule has 1 rings (SSSR count). The first-order valence-electron chi connectivity index (χ1n) is 2.42. The van der Waals surface area contributed by atoms with Crippen LogP contribution >= 0.6 is 0 Å². The molecule has 0 aliphatic heterocycles. The molecule has 1 aliphatic carbocycles. The molecule has 0 aromatic heterocycles. The summed E-state index contributed by atoms with van der Waals surface area (Å²) in [5.41, 5.74) is -1.11. The fourth-order valence-corrected chi connectivity index (χ4v) is 0.479. The minimum absolute atomic E-state index is 0.488. The van der Waals surface area contributed by atoms with Gasteiger partial charge < -0.3 is 5.11 Å². The average Bonchev–Trinajstić information content (AvgIpc) is 2.47. The van der Waals surface area contributed by atoms with Crippen LogP contribution in [0, 0.1) is 0 Å². The molecule has 0 aromatic rings. The van der Waals surface area contributed by atoms with Crippen LogP contribution < -0.4 is 0 Å². The summed E-state index contributed by atoms with van der Waals surface area (Å²) in [5, 5.41) is 8.91. The van der Waals surface area contributed by atoms with Crippen LogP contribution in [0.2, 0.25) is 0 Å². The Morgan fingerprint density at radius 1 is 1.75 bits per heavy atom. The molecule has 3 heteroatoms. The van der Waals surface area contributed by atoms with Crippen molar-refractivity contribution in [3.8, 4) is 0 Å². The summed E-state index contributed by atoms with van der Waals surface area (Å²) in [7, 11) is 0. The van der Waals surface area contributed by atoms with Gasteiger partial charge in [-0.15, -0.1) is 0 Å². The van der Waals surface area contributed by atoms with E-state index in [4.69, 9.17) is 5.11 Å². The van der Waals surface area contributed by atoms with Crippen LogP contribution in [0.3, 0.4) is 0 Å². The Bertz CT molecular complexity index is 137. The minimum Gasteiger partial charge on any atom is -0.380 e. The van der Waals surface area contributed by atoms with E-state index in [-0.39, 0.29) is 0 Å². The first-order chi connectivity index (χ1) is 3.69. The first kappa shape index (κ1) is 5.44. The van der Waals surface area contributed by atoms with E-state index in [1.54, 1.807) is 0 Å². The Morgan fingerprint density at radius 3 is 2.38 bits per heavy atom. The lowest BCUT2D eigenvalue weighted by atomic mass is 10.3. The molecule has 0 unspecified atom stereocenters. The Balaban J connectivity index is 2.58. The third-order valence-corrected chi connectivity index (χ3v) is 1.27. The minimum atomic E-state index is -1.11. The Labute approximate surface area is 47.0 Å². The fraction of sp³-hybridized carbons (Fsp3) is 0.600. The van der Waals surface area contributed by atoms with Gasteiger partial charge in [0.2, 0.25) is 0 Å². The van der Waals surface area contributed by atoms with Crippen LogP contribution in [-0.2, 0) is 4.79 Å². The van der Waals surface area contributed by atoms with Gasteiger partial charge in [-0.3, -0.25) is 4.79 Å². The van der Waals surface area contributed by atoms with E-state index in [2.05, 4.69) is 11.7 Å². The lowest BCUT2D eigenvalue weighted by molar-refractivity contribution is -0.127. The molecule has 1 saturated carbocycles. The third kappa shape index (κ3) is 0.648. The van der Waals surface area contributed by atoms with Gasteiger partial charge in [0.05, 0.1) is 0 Å². The molecule has 0 atom stereocenters. The van der Waals surface area contributed by atoms with Gasteiger partial charge in [0.15, 0.2) is 0 Å². The number of hydrogen-bond acceptors (Lipinski definition) is 2. The second-order valence-electron chi connectivity index (χ2n) is 1.99. The predicted octanol–water partition coefficient (Wildman–Crippen LogP) is -0.262. The van der Waals surface area contributed by atoms with Crippen molar-refractivity contribution >= 4 is 12.6 Å². The van der Waals surface area contributed by atoms with Crippen LogP contribution in [0.4, 0.5) is 0 Å². The highest BCUT2D eigenvalue weighted by Gasteiger charge is 2.47. The summed E-state index contributed by atoms with van der Waals surface area (Å²) in [6.07, 6.45) is 1.09. The van der Waals surface area contributed by atoms with E-state index < -0.39 is 11.5 Å². The van der Waals surface area contributed by atoms with Crippen LogP contribution in [-0.4, -0.2) is 23.3 Å². The van der Waals surface area contributed by atoms with Gasteiger partial charge >= 0.3 is 0 Å². The summed E-state index contributed by atoms with van der Waals surface area (Å²) in [6.45, 7) is 3.01. The molecule has 8 heavy (non-hydrogen) atoms. The van der Waals surface area contributed by atoms with E-state index in [1.165, 1.54) is 0 Å². The monoisotopic (exact) mass is 113 g/mol. The maximum atomic E-state index is 10.4. The number of carbonyl (C=O) groups is 1. The van der Waals surface area contributed by atoms with Gasteiger partial charge in [0.25, 0.3) is 5.91 Å². The molecule has 0 heterocycles. The van der Waals surface area contributed by atoms with Crippen LogP contribution in [0.15, 0.2) is 4.99 Å². The fourth-order valence-electron chi connectivity index (χ4n) is 0.479. The molecular formula is C5H7NO2. The maximum Gasteiger partial charge on any atom is 0.276 e. The molecule has 3 nitrogen and oxygen atoms in total. The Kier molecular flexibility index (Phi) is 0.942. The highest BCUT2D eigenvalue weighted by atomic mass is 16.3. The topological polar surface area (TPSA) is 49.7 Å². The van der Waals surface area contributed by atoms with Crippen molar-refractivity contribution in [1.82, 2.24) is 0 Å². The lowest BCUT2D eigenvalue weighted by Crippen LogP contribution is -2.18. The molecule has 1 aliphatic rings. The summed E-state index contributed by atoms with van der Waals surface area (Å²) < 4.78 is 0. The first-order valence-corrected chi connectivity index (χ1v) is 2.42. The number of carbonyl (C=O) groups excluding carboxylic acids is 1. The molecule has 0 aromatic carbocycles. The zero-order valence-electron chi connectivity index (χ0n) is 4.42. The average molecular weight is 113 g/mol. The van der Waals surface area contributed by atoms with Crippen LogP contribution in [0.1, 0.15) is 12.8 Å². The highest BCUT2D eigenvalue weighted by Crippen LogP contribution is 2.35. The van der Waals surface area contributed by atoms with Crippen molar-refractivity contribution in [2.45, 2.75) is 18.4 Å². The Morgan fingerprint density at radius 2 is 2.25 bits per heavy atom. The van der Waals surface area contributed by atoms with Crippen LogP contribution in [0.25, 0.3) is 0 Å². The molecule has 1 N–H and O–H groups in total. The number of aliphatic imine (C=N–C) groups is 1. The number of aliphatic hydroxyl groups is 1. The van der Waals surface area contributed by atoms with Gasteiger partial charge in [0.1, 0.15) is 5.60 Å². The second-order valence-corrected chi connectivity index (χ2v) is 1.99. The van der Waals surface area contributed by atoms with Gasteiger partial charge in [-0.2, -0.15) is 0 Å². The summed E-state index contributed by atoms with van der Waals surface area (Å²) >= 11 is 0. The molecular weight excluding hydrogens is 106 g/mol.